The highest BCUT2D eigenvalue weighted by atomic mass is 35.5. The molecule has 2 rings (SSSR count). The van der Waals surface area contributed by atoms with E-state index in [1.807, 2.05) is 0 Å². The maximum atomic E-state index is 12.7. The first-order valence-electron chi connectivity index (χ1n) is 6.44. The van der Waals surface area contributed by atoms with Crippen molar-refractivity contribution < 1.29 is 13.9 Å². The van der Waals surface area contributed by atoms with Crippen LogP contribution < -0.4 is 10.5 Å². The van der Waals surface area contributed by atoms with Crippen molar-refractivity contribution in [3.63, 3.8) is 0 Å². The predicted molar refractivity (Wildman–Crippen MR) is 77.5 cm³/mol. The number of halogens is 2. The van der Waals surface area contributed by atoms with E-state index in [0.29, 0.717) is 18.9 Å². The minimum Gasteiger partial charge on any atom is -0.494 e. The molecule has 0 unspecified atom stereocenters. The van der Waals surface area contributed by atoms with Gasteiger partial charge in [-0.15, -0.1) is 12.4 Å². The summed E-state index contributed by atoms with van der Waals surface area (Å²) in [5, 5.41) is 0. The number of rotatable bonds is 6. The molecule has 1 aromatic carbocycles. The Bertz CT molecular complexity index is 449. The summed E-state index contributed by atoms with van der Waals surface area (Å²) in [4.78, 5) is 13.5. The summed E-state index contributed by atoms with van der Waals surface area (Å²) in [5.74, 6) is 0.359. The van der Waals surface area contributed by atoms with Gasteiger partial charge >= 0.3 is 0 Å². The third kappa shape index (κ3) is 4.35. The summed E-state index contributed by atoms with van der Waals surface area (Å²) in [5.41, 5.74) is 5.24. The van der Waals surface area contributed by atoms with Gasteiger partial charge in [-0.1, -0.05) is 0 Å². The Labute approximate surface area is 124 Å². The average Bonchev–Trinajstić information content (AvgIpc) is 3.15. The van der Waals surface area contributed by atoms with E-state index in [4.69, 9.17) is 10.5 Å². The van der Waals surface area contributed by atoms with Gasteiger partial charge in [0.05, 0.1) is 12.1 Å². The molecule has 2 N–H and O–H groups in total. The fraction of sp³-hybridized carbons (Fsp3) is 0.500. The Hall–Kier alpha value is -1.33. The molecule has 0 spiro atoms. The largest absolute Gasteiger partial charge is 0.494 e. The van der Waals surface area contributed by atoms with Gasteiger partial charge < -0.3 is 15.4 Å². The van der Waals surface area contributed by atoms with Gasteiger partial charge in [-0.25, -0.2) is 4.39 Å². The first kappa shape index (κ1) is 16.7. The van der Waals surface area contributed by atoms with E-state index in [1.54, 1.807) is 24.1 Å². The van der Waals surface area contributed by atoms with Crippen LogP contribution in [0.3, 0.4) is 0 Å². The number of carbonyl (C=O) groups excluding carboxylic acids is 1. The van der Waals surface area contributed by atoms with E-state index in [0.717, 1.165) is 19.3 Å². The molecule has 0 bridgehead atoms. The van der Waals surface area contributed by atoms with Crippen LogP contribution in [0.15, 0.2) is 24.3 Å². The maximum absolute atomic E-state index is 12.7. The van der Waals surface area contributed by atoms with E-state index in [2.05, 4.69) is 0 Å². The molecule has 1 aromatic rings. The molecule has 20 heavy (non-hydrogen) atoms. The Morgan fingerprint density at radius 2 is 2.00 bits per heavy atom. The lowest BCUT2D eigenvalue weighted by Gasteiger charge is -2.20. The summed E-state index contributed by atoms with van der Waals surface area (Å²) in [6.45, 7) is 1.10. The summed E-state index contributed by atoms with van der Waals surface area (Å²) in [7, 11) is 1.76. The van der Waals surface area contributed by atoms with Gasteiger partial charge in [0.2, 0.25) is 5.91 Å². The van der Waals surface area contributed by atoms with Crippen LogP contribution >= 0.6 is 12.4 Å². The first-order chi connectivity index (χ1) is 9.01. The van der Waals surface area contributed by atoms with Gasteiger partial charge in [0.15, 0.2) is 0 Å². The number of nitrogens with two attached hydrogens (primary N) is 1. The molecular formula is C14H20ClFN2O2. The van der Waals surface area contributed by atoms with Gasteiger partial charge in [-0.3, -0.25) is 4.79 Å². The van der Waals surface area contributed by atoms with Crippen LogP contribution in [0.5, 0.6) is 5.75 Å². The van der Waals surface area contributed by atoms with Crippen molar-refractivity contribution in [2.45, 2.75) is 24.8 Å². The summed E-state index contributed by atoms with van der Waals surface area (Å²) in [6.07, 6.45) is 2.28. The molecule has 0 heterocycles. The van der Waals surface area contributed by atoms with E-state index in [-0.39, 0.29) is 24.1 Å². The van der Waals surface area contributed by atoms with E-state index >= 15 is 0 Å². The number of carbonyl (C=O) groups is 1. The van der Waals surface area contributed by atoms with Gasteiger partial charge in [-0.05, 0) is 43.5 Å². The number of hydrogen-bond acceptors (Lipinski definition) is 3. The quantitative estimate of drug-likeness (QED) is 0.817. The molecule has 6 heteroatoms. The molecule has 0 saturated heterocycles. The van der Waals surface area contributed by atoms with Crippen LogP contribution in [-0.2, 0) is 4.79 Å². The SMILES string of the molecule is CN(CCCOc1ccc(F)cc1)C(=O)C1(N)CC1.Cl. The molecule has 0 radical (unpaired) electrons. The minimum atomic E-state index is -0.605. The zero-order valence-electron chi connectivity index (χ0n) is 11.5. The number of benzene rings is 1. The van der Waals surface area contributed by atoms with Crippen molar-refractivity contribution in [3.8, 4) is 5.75 Å². The van der Waals surface area contributed by atoms with Crippen LogP contribution in [0.4, 0.5) is 4.39 Å². The summed E-state index contributed by atoms with van der Waals surface area (Å²) < 4.78 is 18.1. The van der Waals surface area contributed by atoms with Crippen LogP contribution in [0, 0.1) is 5.82 Å². The van der Waals surface area contributed by atoms with Crippen LogP contribution in [0.2, 0.25) is 0 Å². The lowest BCUT2D eigenvalue weighted by atomic mass is 10.2. The Kier molecular flexibility index (Phi) is 5.77. The first-order valence-corrected chi connectivity index (χ1v) is 6.44. The molecule has 1 amide bonds. The topological polar surface area (TPSA) is 55.6 Å². The molecular weight excluding hydrogens is 283 g/mol. The molecule has 1 fully saturated rings. The van der Waals surface area contributed by atoms with E-state index in [1.165, 1.54) is 12.1 Å². The smallest absolute Gasteiger partial charge is 0.242 e. The normalized spacial score (nSPS) is 15.2. The van der Waals surface area contributed by atoms with Gasteiger partial charge in [0.1, 0.15) is 11.6 Å². The molecule has 0 aliphatic heterocycles. The highest BCUT2D eigenvalue weighted by Crippen LogP contribution is 2.33. The third-order valence-corrected chi connectivity index (χ3v) is 3.28. The van der Waals surface area contributed by atoms with E-state index in [9.17, 15) is 9.18 Å². The number of hydrogen-bond donors (Lipinski definition) is 1. The zero-order valence-corrected chi connectivity index (χ0v) is 12.3. The van der Waals surface area contributed by atoms with E-state index < -0.39 is 5.54 Å². The van der Waals surface area contributed by atoms with Crippen molar-refractivity contribution in [3.05, 3.63) is 30.1 Å². The number of nitrogens with zero attached hydrogens (tertiary/aromatic N) is 1. The minimum absolute atomic E-state index is 0. The van der Waals surface area contributed by atoms with Crippen molar-refractivity contribution in [1.82, 2.24) is 4.90 Å². The van der Waals surface area contributed by atoms with Crippen molar-refractivity contribution in [2.75, 3.05) is 20.2 Å². The Morgan fingerprint density at radius 1 is 1.40 bits per heavy atom. The third-order valence-electron chi connectivity index (χ3n) is 3.28. The average molecular weight is 303 g/mol. The number of ether oxygens (including phenoxy) is 1. The molecule has 1 saturated carbocycles. The van der Waals surface area contributed by atoms with Gasteiger partial charge in [0.25, 0.3) is 0 Å². The molecule has 1 aliphatic rings. The summed E-state index contributed by atoms with van der Waals surface area (Å²) in [6, 6.07) is 5.89. The second-order valence-corrected chi connectivity index (χ2v) is 5.04. The Morgan fingerprint density at radius 3 is 2.55 bits per heavy atom. The van der Waals surface area contributed by atoms with Crippen molar-refractivity contribution >= 4 is 18.3 Å². The monoisotopic (exact) mass is 302 g/mol. The number of amides is 1. The maximum Gasteiger partial charge on any atom is 0.242 e. The van der Waals surface area contributed by atoms with Gasteiger partial charge in [0, 0.05) is 13.6 Å². The van der Waals surface area contributed by atoms with Crippen LogP contribution in [0.1, 0.15) is 19.3 Å². The standard InChI is InChI=1S/C14H19FN2O2.ClH/c1-17(13(18)14(16)7-8-14)9-2-10-19-12-5-3-11(15)4-6-12;/h3-6H,2,7-10,16H2,1H3;1H. The predicted octanol–water partition coefficient (Wildman–Crippen LogP) is 1.97. The lowest BCUT2D eigenvalue weighted by Crippen LogP contribution is -2.44. The highest BCUT2D eigenvalue weighted by molar-refractivity contribution is 5.88. The zero-order chi connectivity index (χ0) is 13.9. The molecule has 0 atom stereocenters. The highest BCUT2D eigenvalue weighted by Gasteiger charge is 2.47. The molecule has 112 valence electrons. The van der Waals surface area contributed by atoms with Crippen molar-refractivity contribution in [1.29, 1.82) is 0 Å². The Balaban J connectivity index is 0.00000200. The molecule has 4 nitrogen and oxygen atoms in total. The van der Waals surface area contributed by atoms with Gasteiger partial charge in [-0.2, -0.15) is 0 Å². The second-order valence-electron chi connectivity index (χ2n) is 5.04. The molecule has 1 aliphatic carbocycles. The fourth-order valence-corrected chi connectivity index (χ4v) is 1.85. The lowest BCUT2D eigenvalue weighted by molar-refractivity contribution is -0.132. The van der Waals surface area contributed by atoms with Crippen LogP contribution in [0.25, 0.3) is 0 Å². The summed E-state index contributed by atoms with van der Waals surface area (Å²) >= 11 is 0. The van der Waals surface area contributed by atoms with Crippen LogP contribution in [-0.4, -0.2) is 36.5 Å². The fourth-order valence-electron chi connectivity index (χ4n) is 1.85. The second kappa shape index (κ2) is 6.90. The van der Waals surface area contributed by atoms with Crippen molar-refractivity contribution in [2.24, 2.45) is 5.73 Å². The number of likely N-dealkylation sites (N-methyl/N-ethyl adjacent to an activating group) is 1. The molecule has 0 aromatic heterocycles.